The van der Waals surface area contributed by atoms with Crippen LogP contribution >= 0.6 is 0 Å². The summed E-state index contributed by atoms with van der Waals surface area (Å²) in [5, 5.41) is 0. The van der Waals surface area contributed by atoms with Crippen molar-refractivity contribution < 1.29 is 4.79 Å². The van der Waals surface area contributed by atoms with Crippen LogP contribution in [0.3, 0.4) is 0 Å². The Kier molecular flexibility index (Phi) is 2.84. The van der Waals surface area contributed by atoms with Crippen LogP contribution in [0.25, 0.3) is 0 Å². The number of carbonyl (C=O) groups is 1. The van der Waals surface area contributed by atoms with Gasteiger partial charge in [0.05, 0.1) is 5.41 Å². The number of hydrogen-bond donors (Lipinski definition) is 1. The van der Waals surface area contributed by atoms with Crippen LogP contribution in [0.4, 0.5) is 0 Å². The summed E-state index contributed by atoms with van der Waals surface area (Å²) in [6.07, 6.45) is 9.50. The molecular formula is C18H30N2O. The fourth-order valence-corrected chi connectivity index (χ4v) is 7.12. The van der Waals surface area contributed by atoms with Crippen LogP contribution in [0, 0.1) is 22.2 Å². The summed E-state index contributed by atoms with van der Waals surface area (Å²) in [6.45, 7) is 6.67. The van der Waals surface area contributed by atoms with Crippen molar-refractivity contribution in [3.05, 3.63) is 0 Å². The van der Waals surface area contributed by atoms with Crippen molar-refractivity contribution in [1.29, 1.82) is 0 Å². The highest BCUT2D eigenvalue weighted by atomic mass is 16.2. The Morgan fingerprint density at radius 1 is 1.00 bits per heavy atom. The molecule has 4 saturated carbocycles. The lowest BCUT2D eigenvalue weighted by atomic mass is 9.40. The number of hydrogen-bond acceptors (Lipinski definition) is 2. The topological polar surface area (TPSA) is 46.3 Å². The molecule has 1 aliphatic heterocycles. The minimum absolute atomic E-state index is 0.0235. The van der Waals surface area contributed by atoms with E-state index in [9.17, 15) is 4.79 Å². The van der Waals surface area contributed by atoms with E-state index in [4.69, 9.17) is 5.73 Å². The first-order valence-corrected chi connectivity index (χ1v) is 8.87. The maximum absolute atomic E-state index is 13.3. The second-order valence-corrected chi connectivity index (χ2v) is 9.54. The minimum atomic E-state index is -0.0235. The molecular weight excluding hydrogens is 260 g/mol. The molecule has 1 amide bonds. The number of rotatable bonds is 1. The van der Waals surface area contributed by atoms with Gasteiger partial charge in [-0.1, -0.05) is 13.8 Å². The Balaban J connectivity index is 1.60. The van der Waals surface area contributed by atoms with Crippen molar-refractivity contribution in [1.82, 2.24) is 4.90 Å². The summed E-state index contributed by atoms with van der Waals surface area (Å²) >= 11 is 0. The number of carbonyl (C=O) groups excluding carboxylic acids is 1. The SMILES string of the molecule is CC12CC3CC(C)(C1)CC(C(=O)N1CCC(N)CC1)(C3)C2. The zero-order valence-electron chi connectivity index (χ0n) is 13.7. The first-order valence-electron chi connectivity index (χ1n) is 8.87. The van der Waals surface area contributed by atoms with E-state index in [1.54, 1.807) is 0 Å². The summed E-state index contributed by atoms with van der Waals surface area (Å²) in [6, 6.07) is 0.306. The predicted octanol–water partition coefficient (Wildman–Crippen LogP) is 2.93. The smallest absolute Gasteiger partial charge is 0.228 e. The zero-order chi connectivity index (χ0) is 14.9. The van der Waals surface area contributed by atoms with Gasteiger partial charge in [0, 0.05) is 19.1 Å². The van der Waals surface area contributed by atoms with Crippen molar-refractivity contribution in [2.75, 3.05) is 13.1 Å². The van der Waals surface area contributed by atoms with E-state index in [1.807, 2.05) is 0 Å². The highest BCUT2D eigenvalue weighted by Gasteiger charge is 2.63. The van der Waals surface area contributed by atoms with Crippen LogP contribution in [0.5, 0.6) is 0 Å². The summed E-state index contributed by atoms with van der Waals surface area (Å²) in [4.78, 5) is 15.5. The van der Waals surface area contributed by atoms with Gasteiger partial charge in [-0.3, -0.25) is 4.79 Å². The van der Waals surface area contributed by atoms with Crippen LogP contribution in [-0.2, 0) is 4.79 Å². The van der Waals surface area contributed by atoms with Crippen LogP contribution < -0.4 is 5.73 Å². The van der Waals surface area contributed by atoms with E-state index in [0.717, 1.165) is 44.7 Å². The van der Waals surface area contributed by atoms with Crippen molar-refractivity contribution >= 4 is 5.91 Å². The molecule has 0 aromatic carbocycles. The molecule has 0 aromatic rings. The highest BCUT2D eigenvalue weighted by molar-refractivity contribution is 5.83. The van der Waals surface area contributed by atoms with Crippen molar-refractivity contribution in [2.45, 2.75) is 71.3 Å². The monoisotopic (exact) mass is 290 g/mol. The molecule has 0 spiro atoms. The Morgan fingerprint density at radius 3 is 2.10 bits per heavy atom. The molecule has 2 N–H and O–H groups in total. The number of likely N-dealkylation sites (tertiary alicyclic amines) is 1. The van der Waals surface area contributed by atoms with Gasteiger partial charge in [-0.05, 0) is 68.1 Å². The van der Waals surface area contributed by atoms with E-state index in [-0.39, 0.29) is 5.41 Å². The van der Waals surface area contributed by atoms with E-state index < -0.39 is 0 Å². The van der Waals surface area contributed by atoms with Crippen molar-refractivity contribution in [3.63, 3.8) is 0 Å². The maximum atomic E-state index is 13.3. The van der Waals surface area contributed by atoms with Crippen LogP contribution in [0.2, 0.25) is 0 Å². The number of amides is 1. The van der Waals surface area contributed by atoms with Gasteiger partial charge in [0.1, 0.15) is 0 Å². The van der Waals surface area contributed by atoms with E-state index in [2.05, 4.69) is 18.7 Å². The molecule has 5 rings (SSSR count). The van der Waals surface area contributed by atoms with Gasteiger partial charge >= 0.3 is 0 Å². The average molecular weight is 290 g/mol. The van der Waals surface area contributed by atoms with Crippen molar-refractivity contribution in [2.24, 2.45) is 27.9 Å². The molecule has 21 heavy (non-hydrogen) atoms. The maximum Gasteiger partial charge on any atom is 0.228 e. The van der Waals surface area contributed by atoms with Gasteiger partial charge < -0.3 is 10.6 Å². The minimum Gasteiger partial charge on any atom is -0.342 e. The predicted molar refractivity (Wildman–Crippen MR) is 83.6 cm³/mol. The van der Waals surface area contributed by atoms with E-state index >= 15 is 0 Å². The second kappa shape index (κ2) is 4.24. The summed E-state index contributed by atoms with van der Waals surface area (Å²) in [5.41, 5.74) is 6.84. The molecule has 4 aliphatic carbocycles. The molecule has 3 nitrogen and oxygen atoms in total. The average Bonchev–Trinajstić information content (AvgIpc) is 2.34. The largest absolute Gasteiger partial charge is 0.342 e. The molecule has 1 saturated heterocycles. The third-order valence-corrected chi connectivity index (χ3v) is 6.91. The number of nitrogens with zero attached hydrogens (tertiary/aromatic N) is 1. The number of nitrogens with two attached hydrogens (primary N) is 1. The summed E-state index contributed by atoms with van der Waals surface area (Å²) < 4.78 is 0. The molecule has 1 heterocycles. The highest BCUT2D eigenvalue weighted by Crippen LogP contribution is 2.69. The molecule has 0 aromatic heterocycles. The molecule has 3 heteroatoms. The standard InChI is InChI=1S/C18H30N2O/c1-16-7-13-8-17(2,10-16)12-18(9-13,11-16)15(21)20-5-3-14(19)4-6-20/h13-14H,3-12,19H2,1-2H3. The van der Waals surface area contributed by atoms with Gasteiger partial charge in [0.2, 0.25) is 5.91 Å². The zero-order valence-corrected chi connectivity index (χ0v) is 13.7. The van der Waals surface area contributed by atoms with Gasteiger partial charge in [-0.2, -0.15) is 0 Å². The summed E-state index contributed by atoms with van der Waals surface area (Å²) in [7, 11) is 0. The van der Waals surface area contributed by atoms with Gasteiger partial charge in [0.25, 0.3) is 0 Å². The first-order chi connectivity index (χ1) is 9.82. The van der Waals surface area contributed by atoms with E-state index in [0.29, 0.717) is 22.8 Å². The lowest BCUT2D eigenvalue weighted by molar-refractivity contribution is -0.180. The molecule has 2 atom stereocenters. The molecule has 5 fully saturated rings. The number of piperidine rings is 1. The quantitative estimate of drug-likeness (QED) is 0.807. The Bertz CT molecular complexity index is 448. The molecule has 4 bridgehead atoms. The Hall–Kier alpha value is -0.570. The van der Waals surface area contributed by atoms with Gasteiger partial charge in [-0.25, -0.2) is 0 Å². The molecule has 5 aliphatic rings. The lowest BCUT2D eigenvalue weighted by Crippen LogP contribution is -2.61. The first kappa shape index (κ1) is 14.0. The van der Waals surface area contributed by atoms with Gasteiger partial charge in [0.15, 0.2) is 0 Å². The van der Waals surface area contributed by atoms with Crippen LogP contribution in [-0.4, -0.2) is 29.9 Å². The van der Waals surface area contributed by atoms with E-state index in [1.165, 1.54) is 25.7 Å². The fourth-order valence-electron chi connectivity index (χ4n) is 7.12. The molecule has 0 radical (unpaired) electrons. The third kappa shape index (κ3) is 2.15. The normalized spacial score (nSPS) is 49.7. The second-order valence-electron chi connectivity index (χ2n) is 9.54. The Labute approximate surface area is 128 Å². The van der Waals surface area contributed by atoms with Crippen molar-refractivity contribution in [3.8, 4) is 0 Å². The lowest BCUT2D eigenvalue weighted by Gasteiger charge is -2.65. The Morgan fingerprint density at radius 2 is 1.57 bits per heavy atom. The van der Waals surface area contributed by atoms with Crippen LogP contribution in [0.1, 0.15) is 65.2 Å². The fraction of sp³-hybridized carbons (Fsp3) is 0.944. The summed E-state index contributed by atoms with van der Waals surface area (Å²) in [5.74, 6) is 1.28. The molecule has 118 valence electrons. The van der Waals surface area contributed by atoms with Crippen LogP contribution in [0.15, 0.2) is 0 Å². The molecule has 2 unspecified atom stereocenters. The van der Waals surface area contributed by atoms with Gasteiger partial charge in [-0.15, -0.1) is 0 Å². The third-order valence-electron chi connectivity index (χ3n) is 6.91.